The van der Waals surface area contributed by atoms with Crippen molar-refractivity contribution in [2.75, 3.05) is 14.1 Å². The Morgan fingerprint density at radius 1 is 1.13 bits per heavy atom. The van der Waals surface area contributed by atoms with E-state index >= 15 is 0 Å². The molecule has 0 unspecified atom stereocenters. The first-order valence-corrected chi connectivity index (χ1v) is 8.27. The molecular weight excluding hydrogens is 352 g/mol. The van der Waals surface area contributed by atoms with Crippen LogP contribution in [0, 0.1) is 0 Å². The number of hydrogen-bond acceptors (Lipinski definition) is 2. The molecule has 0 saturated carbocycles. The molecular formula is C19H21BrN2O. The molecule has 2 rings (SSSR count). The van der Waals surface area contributed by atoms with Gasteiger partial charge in [0.1, 0.15) is 0 Å². The number of carbonyl (C=O) groups excluding carboxylic acids is 1. The average Bonchev–Trinajstić information content (AvgIpc) is 2.51. The number of rotatable bonds is 6. The number of amides is 1. The van der Waals surface area contributed by atoms with Gasteiger partial charge in [0.2, 0.25) is 5.91 Å². The highest BCUT2D eigenvalue weighted by Crippen LogP contribution is 2.13. The molecule has 0 radical (unpaired) electrons. The van der Waals surface area contributed by atoms with E-state index in [1.54, 1.807) is 6.08 Å². The Labute approximate surface area is 146 Å². The first-order valence-electron chi connectivity index (χ1n) is 7.47. The number of nitrogens with zero attached hydrogens (tertiary/aromatic N) is 1. The quantitative estimate of drug-likeness (QED) is 0.781. The summed E-state index contributed by atoms with van der Waals surface area (Å²) in [5.41, 5.74) is 3.36. The SMILES string of the molecule is CN(C)Cc1ccccc1CNC(=O)/C=C/c1cccc(Br)c1. The lowest BCUT2D eigenvalue weighted by Crippen LogP contribution is -2.22. The van der Waals surface area contributed by atoms with Crippen molar-refractivity contribution in [2.24, 2.45) is 0 Å². The monoisotopic (exact) mass is 372 g/mol. The maximum absolute atomic E-state index is 12.0. The second-order valence-electron chi connectivity index (χ2n) is 5.61. The maximum atomic E-state index is 12.0. The van der Waals surface area contributed by atoms with Crippen LogP contribution in [0.4, 0.5) is 0 Å². The molecule has 0 heterocycles. The highest BCUT2D eigenvalue weighted by molar-refractivity contribution is 9.10. The minimum absolute atomic E-state index is 0.0929. The molecule has 1 N–H and O–H groups in total. The van der Waals surface area contributed by atoms with E-state index in [0.29, 0.717) is 6.54 Å². The summed E-state index contributed by atoms with van der Waals surface area (Å²) < 4.78 is 0.998. The molecule has 0 aliphatic heterocycles. The summed E-state index contributed by atoms with van der Waals surface area (Å²) >= 11 is 3.42. The second-order valence-corrected chi connectivity index (χ2v) is 6.53. The van der Waals surface area contributed by atoms with Crippen molar-refractivity contribution in [3.05, 3.63) is 75.8 Å². The third kappa shape index (κ3) is 6.00. The van der Waals surface area contributed by atoms with Gasteiger partial charge in [0.25, 0.3) is 0 Å². The number of benzene rings is 2. The van der Waals surface area contributed by atoms with Gasteiger partial charge in [-0.1, -0.05) is 52.3 Å². The highest BCUT2D eigenvalue weighted by Gasteiger charge is 2.04. The topological polar surface area (TPSA) is 32.3 Å². The molecule has 0 aliphatic rings. The fourth-order valence-electron chi connectivity index (χ4n) is 2.25. The molecule has 120 valence electrons. The Morgan fingerprint density at radius 3 is 2.57 bits per heavy atom. The Morgan fingerprint density at radius 2 is 1.87 bits per heavy atom. The first-order chi connectivity index (χ1) is 11.0. The Hall–Kier alpha value is -1.91. The molecule has 0 atom stereocenters. The molecule has 0 saturated heterocycles. The Balaban J connectivity index is 1.94. The van der Waals surface area contributed by atoms with Crippen LogP contribution in [0.2, 0.25) is 0 Å². The van der Waals surface area contributed by atoms with E-state index in [1.807, 2.05) is 56.6 Å². The lowest BCUT2D eigenvalue weighted by atomic mass is 10.1. The van der Waals surface area contributed by atoms with Gasteiger partial charge in [-0.2, -0.15) is 0 Å². The lowest BCUT2D eigenvalue weighted by Gasteiger charge is -2.14. The summed E-state index contributed by atoms with van der Waals surface area (Å²) in [6.07, 6.45) is 3.38. The van der Waals surface area contributed by atoms with E-state index in [1.165, 1.54) is 5.56 Å². The maximum Gasteiger partial charge on any atom is 0.244 e. The first kappa shape index (κ1) is 17.4. The fourth-order valence-corrected chi connectivity index (χ4v) is 2.67. The molecule has 1 amide bonds. The predicted molar refractivity (Wildman–Crippen MR) is 98.9 cm³/mol. The summed E-state index contributed by atoms with van der Waals surface area (Å²) in [6.45, 7) is 1.39. The van der Waals surface area contributed by atoms with Crippen LogP contribution >= 0.6 is 15.9 Å². The molecule has 0 aromatic heterocycles. The molecule has 3 nitrogen and oxygen atoms in total. The van der Waals surface area contributed by atoms with Gasteiger partial charge < -0.3 is 10.2 Å². The van der Waals surface area contributed by atoms with Crippen molar-refractivity contribution in [1.29, 1.82) is 0 Å². The Kier molecular flexibility index (Phi) is 6.56. The van der Waals surface area contributed by atoms with Gasteiger partial charge >= 0.3 is 0 Å². The van der Waals surface area contributed by atoms with Gasteiger partial charge in [-0.05, 0) is 49.0 Å². The minimum atomic E-state index is -0.0929. The standard InChI is InChI=1S/C19H21BrN2O/c1-22(2)14-17-8-4-3-7-16(17)13-21-19(23)11-10-15-6-5-9-18(20)12-15/h3-12H,13-14H2,1-2H3,(H,21,23)/b11-10+. The molecule has 23 heavy (non-hydrogen) atoms. The van der Waals surface area contributed by atoms with Crippen molar-refractivity contribution in [2.45, 2.75) is 13.1 Å². The van der Waals surface area contributed by atoms with E-state index in [0.717, 1.165) is 22.1 Å². The van der Waals surface area contributed by atoms with Gasteiger partial charge in [0.15, 0.2) is 0 Å². The van der Waals surface area contributed by atoms with Gasteiger partial charge in [0.05, 0.1) is 0 Å². The van der Waals surface area contributed by atoms with E-state index in [9.17, 15) is 4.79 Å². The van der Waals surface area contributed by atoms with Crippen LogP contribution in [-0.2, 0) is 17.9 Å². The number of carbonyl (C=O) groups is 1. The smallest absolute Gasteiger partial charge is 0.244 e. The summed E-state index contributed by atoms with van der Waals surface area (Å²) in [7, 11) is 4.08. The molecule has 2 aromatic rings. The largest absolute Gasteiger partial charge is 0.348 e. The third-order valence-electron chi connectivity index (χ3n) is 3.33. The van der Waals surface area contributed by atoms with Crippen molar-refractivity contribution >= 4 is 27.9 Å². The van der Waals surface area contributed by atoms with Crippen LogP contribution < -0.4 is 5.32 Å². The van der Waals surface area contributed by atoms with Gasteiger partial charge in [-0.3, -0.25) is 4.79 Å². The van der Waals surface area contributed by atoms with Crippen molar-refractivity contribution in [1.82, 2.24) is 10.2 Å². The molecule has 4 heteroatoms. The number of hydrogen-bond donors (Lipinski definition) is 1. The summed E-state index contributed by atoms with van der Waals surface area (Å²) in [6, 6.07) is 16.0. The van der Waals surface area contributed by atoms with Crippen LogP contribution in [0.5, 0.6) is 0 Å². The average molecular weight is 373 g/mol. The predicted octanol–water partition coefficient (Wildman–Crippen LogP) is 3.84. The van der Waals surface area contributed by atoms with E-state index < -0.39 is 0 Å². The molecule has 0 aliphatic carbocycles. The molecule has 0 spiro atoms. The van der Waals surface area contributed by atoms with Gasteiger partial charge in [-0.25, -0.2) is 0 Å². The van der Waals surface area contributed by atoms with Gasteiger partial charge in [0, 0.05) is 23.6 Å². The lowest BCUT2D eigenvalue weighted by molar-refractivity contribution is -0.116. The molecule has 2 aromatic carbocycles. The zero-order valence-corrected chi connectivity index (χ0v) is 15.0. The highest BCUT2D eigenvalue weighted by atomic mass is 79.9. The zero-order valence-electron chi connectivity index (χ0n) is 13.4. The second kappa shape index (κ2) is 8.65. The van der Waals surface area contributed by atoms with Crippen LogP contribution in [-0.4, -0.2) is 24.9 Å². The van der Waals surface area contributed by atoms with Crippen LogP contribution in [0.3, 0.4) is 0 Å². The molecule has 0 fully saturated rings. The van der Waals surface area contributed by atoms with E-state index in [-0.39, 0.29) is 5.91 Å². The van der Waals surface area contributed by atoms with Crippen LogP contribution in [0.15, 0.2) is 59.1 Å². The Bertz CT molecular complexity index is 695. The van der Waals surface area contributed by atoms with E-state index in [4.69, 9.17) is 0 Å². The van der Waals surface area contributed by atoms with Crippen molar-refractivity contribution < 1.29 is 4.79 Å². The van der Waals surface area contributed by atoms with Gasteiger partial charge in [-0.15, -0.1) is 0 Å². The minimum Gasteiger partial charge on any atom is -0.348 e. The number of nitrogens with one attached hydrogen (secondary N) is 1. The number of halogens is 1. The summed E-state index contributed by atoms with van der Waals surface area (Å²) in [5.74, 6) is -0.0929. The van der Waals surface area contributed by atoms with E-state index in [2.05, 4.69) is 38.3 Å². The van der Waals surface area contributed by atoms with Crippen LogP contribution in [0.1, 0.15) is 16.7 Å². The summed E-state index contributed by atoms with van der Waals surface area (Å²) in [4.78, 5) is 14.1. The molecule has 0 bridgehead atoms. The normalized spacial score (nSPS) is 11.1. The third-order valence-corrected chi connectivity index (χ3v) is 3.83. The van der Waals surface area contributed by atoms with Crippen molar-refractivity contribution in [3.63, 3.8) is 0 Å². The summed E-state index contributed by atoms with van der Waals surface area (Å²) in [5, 5.41) is 2.94. The fraction of sp³-hybridized carbons (Fsp3) is 0.211. The zero-order chi connectivity index (χ0) is 16.7. The van der Waals surface area contributed by atoms with Crippen molar-refractivity contribution in [3.8, 4) is 0 Å². The van der Waals surface area contributed by atoms with Crippen LogP contribution in [0.25, 0.3) is 6.08 Å².